The van der Waals surface area contributed by atoms with Gasteiger partial charge in [0, 0.05) is 24.3 Å². The molecule has 1 heterocycles. The van der Waals surface area contributed by atoms with Crippen molar-refractivity contribution in [2.75, 3.05) is 18.4 Å². The van der Waals surface area contributed by atoms with E-state index in [4.69, 9.17) is 16.9 Å². The normalized spacial score (nSPS) is 20.1. The quantitative estimate of drug-likeness (QED) is 0.787. The van der Waals surface area contributed by atoms with Crippen molar-refractivity contribution in [3.05, 3.63) is 58.6 Å². The number of halogens is 1. The lowest BCUT2D eigenvalue weighted by atomic mass is 9.94. The molecule has 0 spiro atoms. The summed E-state index contributed by atoms with van der Waals surface area (Å²) < 4.78 is 27.4. The SMILES string of the molecule is CC1CC(C)CN(S(=O)(=O)c2ccc(C(=O)Nc3ccc(C#N)c(Cl)c3)cc2)C1. The molecule has 1 aliphatic rings. The molecule has 152 valence electrons. The van der Waals surface area contributed by atoms with Gasteiger partial charge < -0.3 is 5.32 Å². The van der Waals surface area contributed by atoms with Crippen LogP contribution in [-0.4, -0.2) is 31.7 Å². The fourth-order valence-electron chi connectivity index (χ4n) is 3.62. The number of benzene rings is 2. The first-order chi connectivity index (χ1) is 13.7. The third-order valence-corrected chi connectivity index (χ3v) is 7.10. The maximum Gasteiger partial charge on any atom is 0.255 e. The zero-order chi connectivity index (χ0) is 21.2. The van der Waals surface area contributed by atoms with Crippen LogP contribution in [0.3, 0.4) is 0 Å². The molecule has 1 saturated heterocycles. The first-order valence-corrected chi connectivity index (χ1v) is 11.1. The Kier molecular flexibility index (Phi) is 6.27. The summed E-state index contributed by atoms with van der Waals surface area (Å²) in [5, 5.41) is 11.8. The lowest BCUT2D eigenvalue weighted by molar-refractivity contribution is 0.102. The number of piperidine rings is 1. The van der Waals surface area contributed by atoms with E-state index in [-0.39, 0.29) is 9.92 Å². The molecule has 3 rings (SSSR count). The van der Waals surface area contributed by atoms with Crippen molar-refractivity contribution < 1.29 is 13.2 Å². The number of rotatable bonds is 4. The fraction of sp³-hybridized carbons (Fsp3) is 0.333. The molecular weight excluding hydrogens is 410 g/mol. The van der Waals surface area contributed by atoms with E-state index in [1.54, 1.807) is 6.07 Å². The van der Waals surface area contributed by atoms with Gasteiger partial charge >= 0.3 is 0 Å². The highest BCUT2D eigenvalue weighted by Gasteiger charge is 2.31. The van der Waals surface area contributed by atoms with Gasteiger partial charge in [-0.2, -0.15) is 9.57 Å². The second-order valence-corrected chi connectivity index (χ2v) is 9.90. The average molecular weight is 432 g/mol. The molecule has 1 N–H and O–H groups in total. The predicted molar refractivity (Wildman–Crippen MR) is 112 cm³/mol. The Morgan fingerprint density at radius 3 is 2.31 bits per heavy atom. The highest BCUT2D eigenvalue weighted by atomic mass is 35.5. The Bertz CT molecular complexity index is 1050. The molecule has 1 aliphatic heterocycles. The molecule has 0 bridgehead atoms. The van der Waals surface area contributed by atoms with Crippen LogP contribution in [0.4, 0.5) is 5.69 Å². The van der Waals surface area contributed by atoms with E-state index in [2.05, 4.69) is 19.2 Å². The topological polar surface area (TPSA) is 90.3 Å². The van der Waals surface area contributed by atoms with Crippen LogP contribution in [-0.2, 0) is 10.0 Å². The Balaban J connectivity index is 1.75. The van der Waals surface area contributed by atoms with Gasteiger partial charge in [-0.1, -0.05) is 25.4 Å². The molecule has 8 heteroatoms. The van der Waals surface area contributed by atoms with E-state index in [0.717, 1.165) is 6.42 Å². The number of anilines is 1. The third kappa shape index (κ3) is 4.78. The molecule has 2 atom stereocenters. The zero-order valence-electron chi connectivity index (χ0n) is 16.2. The zero-order valence-corrected chi connectivity index (χ0v) is 17.8. The fourth-order valence-corrected chi connectivity index (χ4v) is 5.52. The van der Waals surface area contributed by atoms with Gasteiger partial charge in [-0.25, -0.2) is 8.42 Å². The molecule has 0 aromatic heterocycles. The molecule has 0 saturated carbocycles. The Morgan fingerprint density at radius 1 is 1.14 bits per heavy atom. The van der Waals surface area contributed by atoms with E-state index >= 15 is 0 Å². The van der Waals surface area contributed by atoms with Gasteiger partial charge in [-0.3, -0.25) is 4.79 Å². The van der Waals surface area contributed by atoms with Gasteiger partial charge in [0.2, 0.25) is 10.0 Å². The summed E-state index contributed by atoms with van der Waals surface area (Å²) in [6.07, 6.45) is 1.02. The first-order valence-electron chi connectivity index (χ1n) is 9.32. The minimum Gasteiger partial charge on any atom is -0.322 e. The molecule has 2 aromatic rings. The summed E-state index contributed by atoms with van der Waals surface area (Å²) in [6.45, 7) is 5.13. The van der Waals surface area contributed by atoms with Crippen LogP contribution in [0.25, 0.3) is 0 Å². The number of hydrogen-bond donors (Lipinski definition) is 1. The molecule has 6 nitrogen and oxygen atoms in total. The molecule has 1 amide bonds. The molecule has 29 heavy (non-hydrogen) atoms. The van der Waals surface area contributed by atoms with E-state index < -0.39 is 15.9 Å². The number of hydrogen-bond acceptors (Lipinski definition) is 4. The monoisotopic (exact) mass is 431 g/mol. The van der Waals surface area contributed by atoms with Crippen LogP contribution >= 0.6 is 11.6 Å². The lowest BCUT2D eigenvalue weighted by Gasteiger charge is -2.34. The number of nitriles is 1. The van der Waals surface area contributed by atoms with E-state index in [1.165, 1.54) is 40.7 Å². The number of nitrogens with one attached hydrogen (secondary N) is 1. The number of carbonyl (C=O) groups excluding carboxylic acids is 1. The number of amides is 1. The van der Waals surface area contributed by atoms with Crippen LogP contribution in [0.15, 0.2) is 47.4 Å². The van der Waals surface area contributed by atoms with Crippen molar-refractivity contribution in [1.82, 2.24) is 4.31 Å². The van der Waals surface area contributed by atoms with E-state index in [9.17, 15) is 13.2 Å². The molecule has 1 fully saturated rings. The van der Waals surface area contributed by atoms with E-state index in [1.807, 2.05) is 6.07 Å². The van der Waals surface area contributed by atoms with Crippen LogP contribution < -0.4 is 5.32 Å². The Hall–Kier alpha value is -2.40. The van der Waals surface area contributed by atoms with Crippen molar-refractivity contribution in [2.24, 2.45) is 11.8 Å². The molecule has 0 aliphatic carbocycles. The Morgan fingerprint density at radius 2 is 1.76 bits per heavy atom. The summed E-state index contributed by atoms with van der Waals surface area (Å²) in [5.41, 5.74) is 1.09. The standard InChI is InChI=1S/C21H22ClN3O3S/c1-14-9-15(2)13-25(12-14)29(27,28)19-7-4-16(5-8-19)21(26)24-18-6-3-17(11-23)20(22)10-18/h3-8,10,14-15H,9,12-13H2,1-2H3,(H,24,26). The minimum atomic E-state index is -3.59. The van der Waals surface area contributed by atoms with Gasteiger partial charge in [0.15, 0.2) is 0 Å². The van der Waals surface area contributed by atoms with Gasteiger partial charge in [0.05, 0.1) is 15.5 Å². The second kappa shape index (κ2) is 8.54. The summed E-state index contributed by atoms with van der Waals surface area (Å²) in [5.74, 6) is 0.241. The van der Waals surface area contributed by atoms with Crippen molar-refractivity contribution >= 4 is 33.2 Å². The summed E-state index contributed by atoms with van der Waals surface area (Å²) in [4.78, 5) is 12.6. The second-order valence-electron chi connectivity index (χ2n) is 7.55. The Labute approximate surface area is 176 Å². The van der Waals surface area contributed by atoms with Crippen molar-refractivity contribution in [3.8, 4) is 6.07 Å². The molecule has 0 radical (unpaired) electrons. The van der Waals surface area contributed by atoms with Crippen molar-refractivity contribution in [1.29, 1.82) is 5.26 Å². The molecule has 2 aromatic carbocycles. The third-order valence-electron chi connectivity index (χ3n) is 4.94. The van der Waals surface area contributed by atoms with Gasteiger partial charge in [-0.05, 0) is 60.7 Å². The summed E-state index contributed by atoms with van der Waals surface area (Å²) in [7, 11) is -3.59. The smallest absolute Gasteiger partial charge is 0.255 e. The molecular formula is C21H22ClN3O3S. The van der Waals surface area contributed by atoms with Crippen LogP contribution in [0, 0.1) is 23.2 Å². The van der Waals surface area contributed by atoms with Gasteiger partial charge in [0.1, 0.15) is 6.07 Å². The highest BCUT2D eigenvalue weighted by molar-refractivity contribution is 7.89. The average Bonchev–Trinajstić information content (AvgIpc) is 2.67. The predicted octanol–water partition coefficient (Wildman–Crippen LogP) is 4.13. The number of nitrogens with zero attached hydrogens (tertiary/aromatic N) is 2. The number of carbonyl (C=O) groups is 1. The molecule has 2 unspecified atom stereocenters. The van der Waals surface area contributed by atoms with Crippen molar-refractivity contribution in [2.45, 2.75) is 25.2 Å². The summed E-state index contributed by atoms with van der Waals surface area (Å²) in [6, 6.07) is 12.5. The van der Waals surface area contributed by atoms with E-state index in [0.29, 0.717) is 41.7 Å². The number of sulfonamides is 1. The van der Waals surface area contributed by atoms with Crippen LogP contribution in [0.5, 0.6) is 0 Å². The highest BCUT2D eigenvalue weighted by Crippen LogP contribution is 2.27. The minimum absolute atomic E-state index is 0.178. The maximum absolute atomic E-state index is 12.9. The first kappa shape index (κ1) is 21.3. The van der Waals surface area contributed by atoms with Crippen molar-refractivity contribution in [3.63, 3.8) is 0 Å². The summed E-state index contributed by atoms with van der Waals surface area (Å²) >= 11 is 5.98. The lowest BCUT2D eigenvalue weighted by Crippen LogP contribution is -2.42. The van der Waals surface area contributed by atoms with Gasteiger partial charge in [0.25, 0.3) is 5.91 Å². The van der Waals surface area contributed by atoms with Crippen LogP contribution in [0.2, 0.25) is 5.02 Å². The van der Waals surface area contributed by atoms with Crippen LogP contribution in [0.1, 0.15) is 36.2 Å². The maximum atomic E-state index is 12.9. The largest absolute Gasteiger partial charge is 0.322 e. The van der Waals surface area contributed by atoms with Gasteiger partial charge in [-0.15, -0.1) is 0 Å².